The van der Waals surface area contributed by atoms with Crippen molar-refractivity contribution in [2.45, 2.75) is 9.79 Å². The normalized spacial score (nSPS) is 11.4. The minimum Gasteiger partial charge on any atom is -0.324 e. The molecule has 2 aromatic rings. The van der Waals surface area contributed by atoms with Crippen LogP contribution in [0.15, 0.2) is 46.2 Å². The van der Waals surface area contributed by atoms with Gasteiger partial charge in [0, 0.05) is 11.4 Å². The van der Waals surface area contributed by atoms with E-state index >= 15 is 0 Å². The van der Waals surface area contributed by atoms with Crippen LogP contribution >= 0.6 is 0 Å². The zero-order valence-corrected chi connectivity index (χ0v) is 20.8. The number of anilines is 2. The first-order valence-corrected chi connectivity index (χ1v) is 9.78. The summed E-state index contributed by atoms with van der Waals surface area (Å²) in [5, 5.41) is 0. The molecule has 0 unspecified atom stereocenters. The zero-order valence-electron chi connectivity index (χ0n) is 15.1. The van der Waals surface area contributed by atoms with Gasteiger partial charge in [-0.2, -0.15) is 16.8 Å². The molecule has 0 aliphatic heterocycles. The van der Waals surface area contributed by atoms with E-state index in [0.29, 0.717) is 0 Å². The first-order valence-electron chi connectivity index (χ1n) is 6.90. The maximum Gasteiger partial charge on any atom is 1.00 e. The van der Waals surface area contributed by atoms with Crippen LogP contribution in [0.25, 0.3) is 12.2 Å². The van der Waals surface area contributed by atoms with Gasteiger partial charge in [-0.05, 0) is 35.4 Å². The van der Waals surface area contributed by atoms with Crippen LogP contribution in [0.2, 0.25) is 0 Å². The molecule has 2 aromatic carbocycles. The minimum absolute atomic E-state index is 0. The number of rotatable bonds is 6. The maximum atomic E-state index is 11.5. The Bertz CT molecular complexity index is 990. The van der Waals surface area contributed by atoms with Gasteiger partial charge in [0.05, 0.1) is 0 Å². The number of hydrazine groups is 2. The van der Waals surface area contributed by atoms with Gasteiger partial charge in [-0.1, -0.05) is 24.3 Å². The van der Waals surface area contributed by atoms with Crippen molar-refractivity contribution >= 4 is 43.8 Å². The van der Waals surface area contributed by atoms with Crippen LogP contribution in [0, 0.1) is 0 Å². The Kier molecular flexibility index (Phi) is 10.9. The Balaban J connectivity index is 0.00000364. The van der Waals surface area contributed by atoms with E-state index in [-0.39, 0.29) is 81.6 Å². The molecule has 0 radical (unpaired) electrons. The largest absolute Gasteiger partial charge is 1.00 e. The summed E-state index contributed by atoms with van der Waals surface area (Å²) in [4.78, 5) is -0.865. The van der Waals surface area contributed by atoms with Gasteiger partial charge in [0.2, 0.25) is 0 Å². The molecule has 2 rings (SSSR count). The molecular weight excluding hydrogens is 430 g/mol. The van der Waals surface area contributed by atoms with E-state index in [1.54, 1.807) is 0 Å². The molecule has 10 nitrogen and oxygen atoms in total. The van der Waals surface area contributed by atoms with Crippen molar-refractivity contribution in [2.24, 2.45) is 11.7 Å². The number of nitrogens with one attached hydrogen (secondary N) is 2. The predicted octanol–water partition coefficient (Wildman–Crippen LogP) is -5.07. The SMILES string of the molecule is NNc1ccc(/C=C/c2ccc(NN)cc2S(=O)(=O)O)c(S(=O)(=O)O)c1.[Na+].[Na+]. The fourth-order valence-electron chi connectivity index (χ4n) is 2.15. The summed E-state index contributed by atoms with van der Waals surface area (Å²) >= 11 is 0. The van der Waals surface area contributed by atoms with E-state index in [1.807, 2.05) is 0 Å². The minimum atomic E-state index is -4.56. The average Bonchev–Trinajstić information content (AvgIpc) is 2.58. The Morgan fingerprint density at radius 2 is 1.04 bits per heavy atom. The monoisotopic (exact) mass is 446 g/mol. The molecule has 0 bridgehead atoms. The summed E-state index contributed by atoms with van der Waals surface area (Å²) in [6.45, 7) is 0. The van der Waals surface area contributed by atoms with Gasteiger partial charge < -0.3 is 10.9 Å². The molecule has 140 valence electrons. The molecule has 8 N–H and O–H groups in total. The zero-order chi connectivity index (χ0) is 19.5. The summed E-state index contributed by atoms with van der Waals surface area (Å²) < 4.78 is 64.9. The van der Waals surface area contributed by atoms with Crippen molar-refractivity contribution in [3.05, 3.63) is 47.5 Å². The summed E-state index contributed by atoms with van der Waals surface area (Å²) in [7, 11) is -9.12. The molecule has 0 heterocycles. The Morgan fingerprint density at radius 1 is 0.714 bits per heavy atom. The number of nitrogen functional groups attached to an aromatic ring is 2. The van der Waals surface area contributed by atoms with E-state index in [2.05, 4.69) is 10.9 Å². The van der Waals surface area contributed by atoms with Crippen LogP contribution in [0.3, 0.4) is 0 Å². The molecule has 28 heavy (non-hydrogen) atoms. The molecule has 0 aliphatic rings. The van der Waals surface area contributed by atoms with Crippen molar-refractivity contribution in [2.75, 3.05) is 10.9 Å². The van der Waals surface area contributed by atoms with Crippen LogP contribution in [0.1, 0.15) is 11.1 Å². The number of benzene rings is 2. The van der Waals surface area contributed by atoms with E-state index in [1.165, 1.54) is 36.4 Å². The summed E-state index contributed by atoms with van der Waals surface area (Å²) in [5.41, 5.74) is 5.14. The van der Waals surface area contributed by atoms with E-state index in [4.69, 9.17) is 11.7 Å². The van der Waals surface area contributed by atoms with Crippen LogP contribution < -0.4 is 81.7 Å². The van der Waals surface area contributed by atoms with Crippen molar-refractivity contribution in [3.8, 4) is 0 Å². The van der Waals surface area contributed by atoms with Crippen molar-refractivity contribution in [1.29, 1.82) is 0 Å². The molecule has 0 atom stereocenters. The molecular formula is C14H16N4Na2O6S2+2. The molecule has 0 aliphatic carbocycles. The maximum absolute atomic E-state index is 11.5. The van der Waals surface area contributed by atoms with Crippen LogP contribution in [0.4, 0.5) is 11.4 Å². The van der Waals surface area contributed by atoms with Gasteiger partial charge >= 0.3 is 59.1 Å². The summed E-state index contributed by atoms with van der Waals surface area (Å²) in [6, 6.07) is 7.86. The first kappa shape index (κ1) is 27.5. The number of nitrogens with two attached hydrogens (primary N) is 2. The van der Waals surface area contributed by atoms with Gasteiger partial charge in [-0.15, -0.1) is 0 Å². The van der Waals surface area contributed by atoms with E-state index in [0.717, 1.165) is 12.1 Å². The molecule has 0 fully saturated rings. The molecule has 14 heteroatoms. The third-order valence-corrected chi connectivity index (χ3v) is 5.18. The van der Waals surface area contributed by atoms with Crippen molar-refractivity contribution in [3.63, 3.8) is 0 Å². The molecule has 0 aromatic heterocycles. The second-order valence-corrected chi connectivity index (χ2v) is 7.86. The van der Waals surface area contributed by atoms with Gasteiger partial charge in [0.1, 0.15) is 9.79 Å². The Morgan fingerprint density at radius 3 is 1.29 bits per heavy atom. The molecule has 0 spiro atoms. The Labute approximate surface area is 206 Å². The fraction of sp³-hybridized carbons (Fsp3) is 0. The van der Waals surface area contributed by atoms with Gasteiger partial charge in [-0.25, -0.2) is 0 Å². The third-order valence-electron chi connectivity index (χ3n) is 3.36. The second-order valence-electron chi connectivity index (χ2n) is 5.08. The summed E-state index contributed by atoms with van der Waals surface area (Å²) in [5.74, 6) is 10.4. The van der Waals surface area contributed by atoms with Gasteiger partial charge in [-0.3, -0.25) is 20.8 Å². The fourth-order valence-corrected chi connectivity index (χ4v) is 3.57. The molecule has 0 saturated heterocycles. The number of hydrogen-bond donors (Lipinski definition) is 6. The third kappa shape index (κ3) is 7.09. The average molecular weight is 446 g/mol. The van der Waals surface area contributed by atoms with Crippen molar-refractivity contribution < 1.29 is 85.1 Å². The van der Waals surface area contributed by atoms with Gasteiger partial charge in [0.15, 0.2) is 0 Å². The van der Waals surface area contributed by atoms with Crippen molar-refractivity contribution in [1.82, 2.24) is 0 Å². The first-order chi connectivity index (χ1) is 12.1. The van der Waals surface area contributed by atoms with Crippen LogP contribution in [-0.2, 0) is 20.2 Å². The quantitative estimate of drug-likeness (QED) is 0.0825. The van der Waals surface area contributed by atoms with Crippen LogP contribution in [0.5, 0.6) is 0 Å². The van der Waals surface area contributed by atoms with Gasteiger partial charge in [0.25, 0.3) is 20.2 Å². The summed E-state index contributed by atoms with van der Waals surface area (Å²) in [6.07, 6.45) is 2.53. The standard InChI is InChI=1S/C14H16N4O6S2.2Na/c15-17-11-5-3-9(13(7-11)25(19,20)21)1-2-10-4-6-12(18-16)8-14(10)26(22,23)24;;/h1-8,17-18H,15-16H2,(H,19,20,21)(H,22,23,24);;/q;2*+1/b2-1+;;. The smallest absolute Gasteiger partial charge is 0.324 e. The number of hydrogen-bond acceptors (Lipinski definition) is 8. The topological polar surface area (TPSA) is 185 Å². The van der Waals surface area contributed by atoms with E-state index in [9.17, 15) is 25.9 Å². The molecule has 0 saturated carbocycles. The Hall–Kier alpha value is -0.480. The second kappa shape index (κ2) is 11.1. The van der Waals surface area contributed by atoms with E-state index < -0.39 is 30.0 Å². The molecule has 0 amide bonds. The van der Waals surface area contributed by atoms with Crippen LogP contribution in [-0.4, -0.2) is 25.9 Å². The predicted molar refractivity (Wildman–Crippen MR) is 97.1 cm³/mol.